The Morgan fingerprint density at radius 2 is 2.13 bits per heavy atom. The molecule has 0 aromatic carbocycles. The summed E-state index contributed by atoms with van der Waals surface area (Å²) in [5.41, 5.74) is -2.83. The van der Waals surface area contributed by atoms with Crippen LogP contribution < -0.4 is 5.32 Å². The summed E-state index contributed by atoms with van der Waals surface area (Å²) in [5, 5.41) is 11.4. The minimum Gasteiger partial charge on any atom is -0.468 e. The third-order valence-electron chi connectivity index (χ3n) is 2.20. The predicted molar refractivity (Wildman–Crippen MR) is 46.7 cm³/mol. The molecule has 0 bridgehead atoms. The number of esters is 1. The molecule has 2 atom stereocenters. The van der Waals surface area contributed by atoms with Crippen molar-refractivity contribution in [3.8, 4) is 0 Å². The third kappa shape index (κ3) is 2.73. The molecule has 0 amide bonds. The summed E-state index contributed by atoms with van der Waals surface area (Å²) in [6.45, 7) is -0.684. The number of β-amino-alcohol motifs (C(OH)–C–C–N with tert-alkyl or cyclic N) is 1. The first-order valence-electron chi connectivity index (χ1n) is 3.90. The molecule has 0 aromatic heterocycles. The zero-order valence-electron chi connectivity index (χ0n) is 7.80. The molecule has 2 N–H and O–H groups in total. The fraction of sp³-hybridized carbons (Fsp3) is 0.857. The van der Waals surface area contributed by atoms with Gasteiger partial charge >= 0.3 is 12.1 Å². The van der Waals surface area contributed by atoms with Gasteiger partial charge in [-0.25, -0.2) is 0 Å². The van der Waals surface area contributed by atoms with Gasteiger partial charge in [0, 0.05) is 13.0 Å². The molecule has 0 radical (unpaired) electrons. The lowest BCUT2D eigenvalue weighted by Gasteiger charge is -2.24. The SMILES string of the molecule is COC(=O)[C@@H]1CC(O)(C(F)(F)F)CN1.Cl. The smallest absolute Gasteiger partial charge is 0.418 e. The molecule has 15 heavy (non-hydrogen) atoms. The highest BCUT2D eigenvalue weighted by molar-refractivity contribution is 5.85. The molecule has 8 heteroatoms. The fourth-order valence-corrected chi connectivity index (χ4v) is 1.30. The minimum atomic E-state index is -4.73. The Balaban J connectivity index is 0.00000196. The van der Waals surface area contributed by atoms with Crippen LogP contribution in [0.3, 0.4) is 0 Å². The average molecular weight is 250 g/mol. The number of alkyl halides is 3. The van der Waals surface area contributed by atoms with Crippen LogP contribution >= 0.6 is 12.4 Å². The van der Waals surface area contributed by atoms with Crippen molar-refractivity contribution in [2.75, 3.05) is 13.7 Å². The molecule has 0 aliphatic carbocycles. The largest absolute Gasteiger partial charge is 0.468 e. The Kier molecular flexibility index (Phi) is 4.38. The summed E-state index contributed by atoms with van der Waals surface area (Å²) in [6, 6.07) is -1.09. The van der Waals surface area contributed by atoms with Crippen molar-refractivity contribution in [1.29, 1.82) is 0 Å². The Bertz CT molecular complexity index is 248. The second-order valence-electron chi connectivity index (χ2n) is 3.19. The van der Waals surface area contributed by atoms with Crippen LogP contribution in [-0.4, -0.2) is 42.5 Å². The van der Waals surface area contributed by atoms with Crippen LogP contribution in [0.15, 0.2) is 0 Å². The summed E-state index contributed by atoms with van der Waals surface area (Å²) < 4.78 is 41.0. The van der Waals surface area contributed by atoms with E-state index in [1.165, 1.54) is 0 Å². The molecule has 1 fully saturated rings. The van der Waals surface area contributed by atoms with E-state index in [1.807, 2.05) is 0 Å². The highest BCUT2D eigenvalue weighted by atomic mass is 35.5. The van der Waals surface area contributed by atoms with E-state index in [0.29, 0.717) is 0 Å². The van der Waals surface area contributed by atoms with Crippen molar-refractivity contribution < 1.29 is 27.8 Å². The summed E-state index contributed by atoms with van der Waals surface area (Å²) in [5.74, 6) is -0.801. The predicted octanol–water partition coefficient (Wildman–Crippen LogP) is 0.237. The maximum Gasteiger partial charge on any atom is 0.418 e. The first kappa shape index (κ1) is 14.5. The van der Waals surface area contributed by atoms with E-state index in [0.717, 1.165) is 7.11 Å². The molecular weight excluding hydrogens is 239 g/mol. The minimum absolute atomic E-state index is 0. The van der Waals surface area contributed by atoms with Gasteiger partial charge in [0.1, 0.15) is 6.04 Å². The number of carbonyl (C=O) groups is 1. The average Bonchev–Trinajstić information content (AvgIpc) is 2.47. The topological polar surface area (TPSA) is 58.6 Å². The summed E-state index contributed by atoms with van der Waals surface area (Å²) in [4.78, 5) is 10.9. The van der Waals surface area contributed by atoms with Gasteiger partial charge in [-0.05, 0) is 0 Å². The number of ether oxygens (including phenoxy) is 1. The van der Waals surface area contributed by atoms with E-state index in [9.17, 15) is 18.0 Å². The highest BCUT2D eigenvalue weighted by Crippen LogP contribution is 2.36. The van der Waals surface area contributed by atoms with Crippen molar-refractivity contribution >= 4 is 18.4 Å². The number of rotatable bonds is 1. The van der Waals surface area contributed by atoms with Gasteiger partial charge in [-0.2, -0.15) is 13.2 Å². The fourth-order valence-electron chi connectivity index (χ4n) is 1.30. The van der Waals surface area contributed by atoms with E-state index < -0.39 is 36.8 Å². The number of nitrogens with one attached hydrogen (secondary N) is 1. The zero-order valence-corrected chi connectivity index (χ0v) is 8.61. The second kappa shape index (κ2) is 4.54. The lowest BCUT2D eigenvalue weighted by atomic mass is 10.00. The van der Waals surface area contributed by atoms with Crippen molar-refractivity contribution in [3.63, 3.8) is 0 Å². The van der Waals surface area contributed by atoms with Crippen molar-refractivity contribution in [3.05, 3.63) is 0 Å². The molecule has 1 rings (SSSR count). The molecule has 0 aromatic rings. The zero-order chi connectivity index (χ0) is 11.0. The van der Waals surface area contributed by atoms with E-state index >= 15 is 0 Å². The van der Waals surface area contributed by atoms with Crippen LogP contribution in [0.25, 0.3) is 0 Å². The number of hydrogen-bond donors (Lipinski definition) is 2. The molecule has 1 aliphatic heterocycles. The molecule has 1 saturated heterocycles. The highest BCUT2D eigenvalue weighted by Gasteiger charge is 2.58. The number of hydrogen-bond acceptors (Lipinski definition) is 4. The van der Waals surface area contributed by atoms with Crippen LogP contribution in [0.4, 0.5) is 13.2 Å². The van der Waals surface area contributed by atoms with Gasteiger partial charge in [0.25, 0.3) is 0 Å². The van der Waals surface area contributed by atoms with Crippen LogP contribution in [0.5, 0.6) is 0 Å². The molecule has 0 spiro atoms. The lowest BCUT2D eigenvalue weighted by molar-refractivity contribution is -0.252. The summed E-state index contributed by atoms with van der Waals surface area (Å²) in [7, 11) is 1.08. The molecule has 4 nitrogen and oxygen atoms in total. The van der Waals surface area contributed by atoms with E-state index in [1.54, 1.807) is 0 Å². The summed E-state index contributed by atoms with van der Waals surface area (Å²) in [6.07, 6.45) is -5.44. The molecule has 0 saturated carbocycles. The lowest BCUT2D eigenvalue weighted by Crippen LogP contribution is -2.46. The van der Waals surface area contributed by atoms with Gasteiger partial charge in [-0.3, -0.25) is 4.79 Å². The summed E-state index contributed by atoms with van der Waals surface area (Å²) >= 11 is 0. The van der Waals surface area contributed by atoms with Gasteiger partial charge in [-0.15, -0.1) is 12.4 Å². The van der Waals surface area contributed by atoms with Crippen molar-refractivity contribution in [2.45, 2.75) is 24.2 Å². The Morgan fingerprint density at radius 1 is 1.60 bits per heavy atom. The number of aliphatic hydroxyl groups is 1. The van der Waals surface area contributed by atoms with Gasteiger partial charge in [0.15, 0.2) is 5.60 Å². The molecule has 1 unspecified atom stereocenters. The monoisotopic (exact) mass is 249 g/mol. The van der Waals surface area contributed by atoms with E-state index in [-0.39, 0.29) is 12.4 Å². The second-order valence-corrected chi connectivity index (χ2v) is 3.19. The first-order valence-corrected chi connectivity index (χ1v) is 3.90. The van der Waals surface area contributed by atoms with Crippen molar-refractivity contribution in [1.82, 2.24) is 5.32 Å². The third-order valence-corrected chi connectivity index (χ3v) is 2.20. The maximum absolute atomic E-state index is 12.2. The quantitative estimate of drug-likeness (QED) is 0.654. The Morgan fingerprint density at radius 3 is 2.47 bits per heavy atom. The van der Waals surface area contributed by atoms with E-state index in [4.69, 9.17) is 5.11 Å². The Hall–Kier alpha value is -0.530. The van der Waals surface area contributed by atoms with Crippen LogP contribution in [0.1, 0.15) is 6.42 Å². The molecular formula is C7H11ClF3NO3. The van der Waals surface area contributed by atoms with E-state index in [2.05, 4.69) is 10.1 Å². The molecule has 1 aliphatic rings. The van der Waals surface area contributed by atoms with Gasteiger partial charge < -0.3 is 15.2 Å². The van der Waals surface area contributed by atoms with Crippen LogP contribution in [0, 0.1) is 0 Å². The number of carbonyl (C=O) groups excluding carboxylic acids is 1. The normalized spacial score (nSPS) is 30.9. The maximum atomic E-state index is 12.2. The van der Waals surface area contributed by atoms with Crippen LogP contribution in [-0.2, 0) is 9.53 Å². The Labute approximate surface area is 90.2 Å². The van der Waals surface area contributed by atoms with Gasteiger partial charge in [-0.1, -0.05) is 0 Å². The van der Waals surface area contributed by atoms with Gasteiger partial charge in [0.2, 0.25) is 0 Å². The first-order chi connectivity index (χ1) is 6.30. The number of methoxy groups -OCH3 is 1. The number of halogens is 4. The standard InChI is InChI=1S/C7H10F3NO3.ClH/c1-14-5(12)4-2-6(13,3-11-4)7(8,9)10;/h4,11,13H,2-3H2,1H3;1H/t4-,6?;/m0./s1. The molecule has 90 valence electrons. The van der Waals surface area contributed by atoms with Gasteiger partial charge in [0.05, 0.1) is 7.11 Å². The van der Waals surface area contributed by atoms with Crippen molar-refractivity contribution in [2.24, 2.45) is 0 Å². The van der Waals surface area contributed by atoms with Crippen LogP contribution in [0.2, 0.25) is 0 Å². The molecule has 1 heterocycles.